The third kappa shape index (κ3) is 6.92. The lowest BCUT2D eigenvalue weighted by molar-refractivity contribution is -0.137. The topological polar surface area (TPSA) is 62.2 Å². The van der Waals surface area contributed by atoms with Crippen LogP contribution in [0.2, 0.25) is 0 Å². The Labute approximate surface area is 222 Å². The summed E-state index contributed by atoms with van der Waals surface area (Å²) in [7, 11) is 1.60. The number of hydrogen-bond donors (Lipinski definition) is 1. The number of ether oxygens (including phenoxy) is 2. The van der Waals surface area contributed by atoms with Crippen LogP contribution < -0.4 is 14.4 Å². The number of hydrogen-bond acceptors (Lipinski definition) is 5. The van der Waals surface area contributed by atoms with Crippen LogP contribution in [-0.2, 0) is 17.3 Å². The lowest BCUT2D eigenvalue weighted by Gasteiger charge is -2.36. The highest BCUT2D eigenvalue weighted by Gasteiger charge is 2.36. The van der Waals surface area contributed by atoms with Gasteiger partial charge in [-0.3, -0.25) is 9.69 Å². The number of rotatable bonds is 11. The van der Waals surface area contributed by atoms with Crippen molar-refractivity contribution in [1.29, 1.82) is 0 Å². The van der Waals surface area contributed by atoms with E-state index in [0.29, 0.717) is 17.9 Å². The zero-order valence-electron chi connectivity index (χ0n) is 21.9. The minimum Gasteiger partial charge on any atom is -0.495 e. The van der Waals surface area contributed by atoms with Crippen LogP contribution in [0.25, 0.3) is 0 Å². The summed E-state index contributed by atoms with van der Waals surface area (Å²) in [6.45, 7) is 2.01. The summed E-state index contributed by atoms with van der Waals surface area (Å²) < 4.78 is 54.0. The predicted molar refractivity (Wildman–Crippen MR) is 140 cm³/mol. The zero-order chi connectivity index (χ0) is 27.1. The second-order valence-electron chi connectivity index (χ2n) is 10.2. The summed E-state index contributed by atoms with van der Waals surface area (Å²) in [4.78, 5) is 15.2. The van der Waals surface area contributed by atoms with E-state index in [-0.39, 0.29) is 30.3 Å². The lowest BCUT2D eigenvalue weighted by atomic mass is 9.81. The minimum atomic E-state index is -3.55. The Morgan fingerprint density at radius 3 is 2.45 bits per heavy atom. The third-order valence-electron chi connectivity index (χ3n) is 7.64. The summed E-state index contributed by atoms with van der Waals surface area (Å²) in [6.07, 6.45) is 4.94. The molecular weight excluding hydrogens is 497 g/mol. The molecule has 38 heavy (non-hydrogen) atoms. The van der Waals surface area contributed by atoms with Gasteiger partial charge in [0, 0.05) is 38.3 Å². The number of carboxylic acid groups (broad SMARTS) is 1. The standard InChI is InChI=1S/C29H37F3N2O4/c1-37-27-17-21(7-10-26(27)34-15-13-33(14-16-34)12-11-28(35)36)19-38-23-8-9-24(22-5-3-2-4-6-22)25(18-23)29(31,32)20-30/h7-10,17-18,22H,2-6,11-16,19-20H2,1H3,(H,35,36). The maximum Gasteiger partial charge on any atom is 0.304 e. The van der Waals surface area contributed by atoms with E-state index in [2.05, 4.69) is 9.80 Å². The number of halogens is 3. The van der Waals surface area contributed by atoms with Gasteiger partial charge in [-0.2, -0.15) is 8.78 Å². The van der Waals surface area contributed by atoms with E-state index in [1.165, 1.54) is 6.07 Å². The molecule has 1 saturated heterocycles. The van der Waals surface area contributed by atoms with Crippen molar-refractivity contribution in [3.63, 3.8) is 0 Å². The Morgan fingerprint density at radius 1 is 1.05 bits per heavy atom. The number of methoxy groups -OCH3 is 1. The normalized spacial score (nSPS) is 17.4. The van der Waals surface area contributed by atoms with Gasteiger partial charge in [-0.25, -0.2) is 4.39 Å². The summed E-state index contributed by atoms with van der Waals surface area (Å²) in [6, 6.07) is 10.4. The van der Waals surface area contributed by atoms with E-state index in [0.717, 1.165) is 69.5 Å². The van der Waals surface area contributed by atoms with E-state index >= 15 is 0 Å². The van der Waals surface area contributed by atoms with Crippen molar-refractivity contribution in [2.45, 2.75) is 57.0 Å². The molecule has 1 saturated carbocycles. The van der Waals surface area contributed by atoms with Crippen LogP contribution in [0.15, 0.2) is 36.4 Å². The molecule has 2 fully saturated rings. The number of piperazine rings is 1. The number of anilines is 1. The van der Waals surface area contributed by atoms with Crippen LogP contribution in [0.1, 0.15) is 61.1 Å². The fourth-order valence-electron chi connectivity index (χ4n) is 5.49. The predicted octanol–water partition coefficient (Wildman–Crippen LogP) is 5.98. The molecule has 0 spiro atoms. The van der Waals surface area contributed by atoms with E-state index < -0.39 is 18.6 Å². The highest BCUT2D eigenvalue weighted by atomic mass is 19.3. The molecule has 1 heterocycles. The Balaban J connectivity index is 1.42. The van der Waals surface area contributed by atoms with Crippen LogP contribution >= 0.6 is 0 Å². The number of alkyl halides is 3. The smallest absolute Gasteiger partial charge is 0.304 e. The molecular formula is C29H37F3N2O4. The number of nitrogens with zero attached hydrogens (tertiary/aromatic N) is 2. The number of benzene rings is 2. The Hall–Kier alpha value is -2.94. The SMILES string of the molecule is COc1cc(COc2ccc(C3CCCCC3)c(C(F)(F)CF)c2)ccc1N1CCN(CCC(=O)O)CC1. The molecule has 208 valence electrons. The van der Waals surface area contributed by atoms with Crippen molar-refractivity contribution in [3.05, 3.63) is 53.1 Å². The van der Waals surface area contributed by atoms with Crippen molar-refractivity contribution < 1.29 is 32.5 Å². The highest BCUT2D eigenvalue weighted by Crippen LogP contribution is 2.42. The molecule has 0 amide bonds. The molecule has 0 atom stereocenters. The second kappa shape index (κ2) is 12.7. The van der Waals surface area contributed by atoms with Crippen LogP contribution in [0.4, 0.5) is 18.9 Å². The molecule has 2 aliphatic rings. The number of carbonyl (C=O) groups is 1. The van der Waals surface area contributed by atoms with Crippen molar-refractivity contribution in [2.24, 2.45) is 0 Å². The van der Waals surface area contributed by atoms with Crippen molar-refractivity contribution >= 4 is 11.7 Å². The Morgan fingerprint density at radius 2 is 1.79 bits per heavy atom. The minimum absolute atomic E-state index is 0.0288. The molecule has 0 aromatic heterocycles. The van der Waals surface area contributed by atoms with Crippen LogP contribution in [0, 0.1) is 0 Å². The first-order valence-electron chi connectivity index (χ1n) is 13.4. The first kappa shape index (κ1) is 28.1. The summed E-state index contributed by atoms with van der Waals surface area (Å²) in [5.41, 5.74) is 2.03. The van der Waals surface area contributed by atoms with Gasteiger partial charge in [-0.15, -0.1) is 0 Å². The van der Waals surface area contributed by atoms with E-state index in [1.807, 2.05) is 18.2 Å². The van der Waals surface area contributed by atoms with Crippen molar-refractivity contribution in [1.82, 2.24) is 4.90 Å². The molecule has 4 rings (SSSR count). The first-order valence-corrected chi connectivity index (χ1v) is 13.4. The van der Waals surface area contributed by atoms with E-state index in [9.17, 15) is 18.0 Å². The van der Waals surface area contributed by atoms with Gasteiger partial charge in [-0.05, 0) is 54.2 Å². The number of aliphatic carboxylic acids is 1. The molecule has 9 heteroatoms. The largest absolute Gasteiger partial charge is 0.495 e. The van der Waals surface area contributed by atoms with Crippen molar-refractivity contribution in [2.75, 3.05) is 51.4 Å². The average molecular weight is 535 g/mol. The molecule has 6 nitrogen and oxygen atoms in total. The average Bonchev–Trinajstić information content (AvgIpc) is 2.95. The molecule has 2 aromatic carbocycles. The molecule has 0 unspecified atom stereocenters. The molecule has 2 aromatic rings. The zero-order valence-corrected chi connectivity index (χ0v) is 21.9. The third-order valence-corrected chi connectivity index (χ3v) is 7.64. The van der Waals surface area contributed by atoms with Crippen LogP contribution in [0.5, 0.6) is 11.5 Å². The Bertz CT molecular complexity index is 1080. The molecule has 0 radical (unpaired) electrons. The first-order chi connectivity index (χ1) is 18.3. The van der Waals surface area contributed by atoms with Gasteiger partial charge in [-0.1, -0.05) is 31.4 Å². The molecule has 0 bridgehead atoms. The van der Waals surface area contributed by atoms with Gasteiger partial charge < -0.3 is 19.5 Å². The lowest BCUT2D eigenvalue weighted by Crippen LogP contribution is -2.47. The van der Waals surface area contributed by atoms with E-state index in [4.69, 9.17) is 14.6 Å². The van der Waals surface area contributed by atoms with Gasteiger partial charge >= 0.3 is 11.9 Å². The molecule has 1 aliphatic heterocycles. The quantitative estimate of drug-likeness (QED) is 0.383. The van der Waals surface area contributed by atoms with Gasteiger partial charge in [0.2, 0.25) is 0 Å². The van der Waals surface area contributed by atoms with Crippen molar-refractivity contribution in [3.8, 4) is 11.5 Å². The van der Waals surface area contributed by atoms with Crippen LogP contribution in [0.3, 0.4) is 0 Å². The van der Waals surface area contributed by atoms with E-state index in [1.54, 1.807) is 19.2 Å². The summed E-state index contributed by atoms with van der Waals surface area (Å²) >= 11 is 0. The fourth-order valence-corrected chi connectivity index (χ4v) is 5.49. The fraction of sp³-hybridized carbons (Fsp3) is 0.552. The maximum absolute atomic E-state index is 14.6. The highest BCUT2D eigenvalue weighted by molar-refractivity contribution is 5.66. The molecule has 1 aliphatic carbocycles. The maximum atomic E-state index is 14.6. The van der Waals surface area contributed by atoms with Gasteiger partial charge in [0.05, 0.1) is 19.2 Å². The van der Waals surface area contributed by atoms with Gasteiger partial charge in [0.25, 0.3) is 0 Å². The second-order valence-corrected chi connectivity index (χ2v) is 10.2. The summed E-state index contributed by atoms with van der Waals surface area (Å²) in [5.74, 6) is -3.34. The monoisotopic (exact) mass is 534 g/mol. The molecule has 1 N–H and O–H groups in total. The summed E-state index contributed by atoms with van der Waals surface area (Å²) in [5, 5.41) is 8.90. The van der Waals surface area contributed by atoms with Gasteiger partial charge in [0.1, 0.15) is 18.1 Å². The Kier molecular flexibility index (Phi) is 9.41. The number of carboxylic acids is 1. The van der Waals surface area contributed by atoms with Crippen LogP contribution in [-0.4, -0.2) is 62.5 Å². The van der Waals surface area contributed by atoms with Gasteiger partial charge in [0.15, 0.2) is 6.67 Å².